The van der Waals surface area contributed by atoms with E-state index in [4.69, 9.17) is 17.3 Å². The number of piperidine rings is 1. The highest BCUT2D eigenvalue weighted by Crippen LogP contribution is 2.29. The number of benzene rings is 2. The second kappa shape index (κ2) is 9.98. The zero-order valence-electron chi connectivity index (χ0n) is 17.6. The average molecular weight is 428 g/mol. The van der Waals surface area contributed by atoms with E-state index in [1.807, 2.05) is 43.0 Å². The van der Waals surface area contributed by atoms with Gasteiger partial charge in [0, 0.05) is 23.8 Å². The molecule has 30 heavy (non-hydrogen) atoms. The molecule has 0 unspecified atom stereocenters. The Hall–Kier alpha value is -2.53. The summed E-state index contributed by atoms with van der Waals surface area (Å²) in [4.78, 5) is 27.6. The third-order valence-corrected chi connectivity index (χ3v) is 5.99. The summed E-state index contributed by atoms with van der Waals surface area (Å²) >= 11 is 5.99. The summed E-state index contributed by atoms with van der Waals surface area (Å²) in [6.07, 6.45) is 2.06. The van der Waals surface area contributed by atoms with Crippen LogP contribution in [-0.4, -0.2) is 35.8 Å². The molecule has 2 aromatic carbocycles. The molecule has 5 nitrogen and oxygen atoms in total. The molecule has 1 fully saturated rings. The van der Waals surface area contributed by atoms with Crippen LogP contribution in [0.15, 0.2) is 48.5 Å². The predicted octanol–water partition coefficient (Wildman–Crippen LogP) is 4.01. The summed E-state index contributed by atoms with van der Waals surface area (Å²) in [5, 5.41) is 3.69. The van der Waals surface area contributed by atoms with Crippen LogP contribution in [0.5, 0.6) is 0 Å². The van der Waals surface area contributed by atoms with Gasteiger partial charge in [-0.05, 0) is 60.1 Å². The third-order valence-electron chi connectivity index (χ3n) is 5.74. The van der Waals surface area contributed by atoms with Gasteiger partial charge in [-0.2, -0.15) is 0 Å². The Morgan fingerprint density at radius 1 is 1.07 bits per heavy atom. The van der Waals surface area contributed by atoms with Gasteiger partial charge in [-0.15, -0.1) is 0 Å². The summed E-state index contributed by atoms with van der Waals surface area (Å²) < 4.78 is 0. The van der Waals surface area contributed by atoms with Crippen LogP contribution in [0, 0.1) is 5.92 Å². The van der Waals surface area contributed by atoms with E-state index in [2.05, 4.69) is 17.4 Å². The third kappa shape index (κ3) is 5.76. The quantitative estimate of drug-likeness (QED) is 0.684. The summed E-state index contributed by atoms with van der Waals surface area (Å²) in [5.74, 6) is 0.305. The molecule has 0 aliphatic carbocycles. The van der Waals surface area contributed by atoms with Gasteiger partial charge in [0.05, 0.1) is 6.42 Å². The Morgan fingerprint density at radius 3 is 2.23 bits per heavy atom. The van der Waals surface area contributed by atoms with E-state index in [1.54, 1.807) is 12.1 Å². The van der Waals surface area contributed by atoms with Gasteiger partial charge in [0.2, 0.25) is 11.8 Å². The molecule has 2 amide bonds. The fourth-order valence-corrected chi connectivity index (χ4v) is 4.05. The van der Waals surface area contributed by atoms with Gasteiger partial charge in [0.25, 0.3) is 0 Å². The Labute approximate surface area is 183 Å². The minimum absolute atomic E-state index is 0.00483. The van der Waals surface area contributed by atoms with E-state index in [9.17, 15) is 9.59 Å². The van der Waals surface area contributed by atoms with Crippen molar-refractivity contribution in [2.24, 2.45) is 5.92 Å². The molecule has 3 N–H and O–H groups in total. The summed E-state index contributed by atoms with van der Waals surface area (Å²) in [5.41, 5.74) is 8.50. The van der Waals surface area contributed by atoms with Crippen molar-refractivity contribution in [3.63, 3.8) is 0 Å². The van der Waals surface area contributed by atoms with Gasteiger partial charge in [0.15, 0.2) is 0 Å². The number of likely N-dealkylation sites (tertiary alicyclic amines) is 1. The fraction of sp³-hybridized carbons (Fsp3) is 0.417. The number of amides is 2. The Bertz CT molecular complexity index is 857. The van der Waals surface area contributed by atoms with Gasteiger partial charge >= 0.3 is 0 Å². The summed E-state index contributed by atoms with van der Waals surface area (Å²) in [7, 11) is 0. The maximum absolute atomic E-state index is 13.1. The molecular weight excluding hydrogens is 398 g/mol. The molecular formula is C24H30ClN3O2. The number of nitrogens with two attached hydrogens (primary N) is 1. The first-order chi connectivity index (χ1) is 14.3. The molecule has 1 aliphatic heterocycles. The van der Waals surface area contributed by atoms with Crippen LogP contribution in [0.3, 0.4) is 0 Å². The van der Waals surface area contributed by atoms with Crippen molar-refractivity contribution >= 4 is 29.1 Å². The average Bonchev–Trinajstić information content (AvgIpc) is 2.74. The van der Waals surface area contributed by atoms with Crippen LogP contribution >= 0.6 is 11.6 Å². The molecule has 0 aromatic heterocycles. The van der Waals surface area contributed by atoms with E-state index in [1.165, 1.54) is 5.56 Å². The minimum atomic E-state index is -0.515. The van der Waals surface area contributed by atoms with Gasteiger partial charge in [0.1, 0.15) is 6.04 Å². The van der Waals surface area contributed by atoms with Gasteiger partial charge < -0.3 is 16.0 Å². The Balaban J connectivity index is 1.56. The Morgan fingerprint density at radius 2 is 1.67 bits per heavy atom. The fourth-order valence-electron chi connectivity index (χ4n) is 3.92. The molecule has 0 radical (unpaired) electrons. The highest BCUT2D eigenvalue weighted by atomic mass is 35.5. The minimum Gasteiger partial charge on any atom is -0.399 e. The van der Waals surface area contributed by atoms with Crippen LogP contribution < -0.4 is 11.1 Å². The van der Waals surface area contributed by atoms with Crippen molar-refractivity contribution in [2.75, 3.05) is 18.8 Å². The van der Waals surface area contributed by atoms with Crippen molar-refractivity contribution in [3.8, 4) is 0 Å². The normalized spacial score (nSPS) is 15.8. The SMILES string of the molecule is CC(C)[C@@H](NC(=O)Cc1ccc(N)cc1)C(=O)N1CCC(c2ccc(Cl)cc2)CC1. The van der Waals surface area contributed by atoms with E-state index in [0.717, 1.165) is 23.4 Å². The van der Waals surface area contributed by atoms with Gasteiger partial charge in [-0.1, -0.05) is 49.7 Å². The molecule has 6 heteroatoms. The van der Waals surface area contributed by atoms with Crippen LogP contribution in [-0.2, 0) is 16.0 Å². The van der Waals surface area contributed by atoms with Crippen molar-refractivity contribution in [1.29, 1.82) is 0 Å². The van der Waals surface area contributed by atoms with E-state index < -0.39 is 6.04 Å². The first-order valence-electron chi connectivity index (χ1n) is 10.5. The van der Waals surface area contributed by atoms with Crippen LogP contribution in [0.25, 0.3) is 0 Å². The first kappa shape index (κ1) is 22.2. The number of hydrogen-bond acceptors (Lipinski definition) is 3. The molecule has 0 bridgehead atoms. The molecule has 2 aromatic rings. The van der Waals surface area contributed by atoms with Gasteiger partial charge in [-0.3, -0.25) is 9.59 Å². The largest absolute Gasteiger partial charge is 0.399 e. The van der Waals surface area contributed by atoms with Crippen LogP contribution in [0.1, 0.15) is 43.7 Å². The lowest BCUT2D eigenvalue weighted by atomic mass is 9.89. The number of nitrogens with one attached hydrogen (secondary N) is 1. The lowest BCUT2D eigenvalue weighted by Crippen LogP contribution is -2.53. The smallest absolute Gasteiger partial charge is 0.245 e. The Kier molecular flexibility index (Phi) is 7.38. The second-order valence-corrected chi connectivity index (χ2v) is 8.80. The number of halogens is 1. The molecule has 1 aliphatic rings. The van der Waals surface area contributed by atoms with E-state index in [-0.39, 0.29) is 24.2 Å². The van der Waals surface area contributed by atoms with Crippen molar-refractivity contribution < 1.29 is 9.59 Å². The standard InChI is InChI=1S/C24H30ClN3O2/c1-16(2)23(27-22(29)15-17-3-9-21(26)10-4-17)24(30)28-13-11-19(12-14-28)18-5-7-20(25)8-6-18/h3-10,16,19,23H,11-15,26H2,1-2H3,(H,27,29)/t23-/m1/s1. The number of nitrogen functional groups attached to an aromatic ring is 1. The molecule has 0 spiro atoms. The number of hydrogen-bond donors (Lipinski definition) is 2. The van der Waals surface area contributed by atoms with Crippen molar-refractivity contribution in [1.82, 2.24) is 10.2 Å². The lowest BCUT2D eigenvalue weighted by Gasteiger charge is -2.35. The highest BCUT2D eigenvalue weighted by molar-refractivity contribution is 6.30. The van der Waals surface area contributed by atoms with Crippen molar-refractivity contribution in [3.05, 3.63) is 64.7 Å². The summed E-state index contributed by atoms with van der Waals surface area (Å²) in [6.45, 7) is 5.32. The molecule has 3 rings (SSSR count). The number of rotatable bonds is 6. The summed E-state index contributed by atoms with van der Waals surface area (Å²) in [6, 6.07) is 14.7. The van der Waals surface area contributed by atoms with Crippen molar-refractivity contribution in [2.45, 2.75) is 45.1 Å². The second-order valence-electron chi connectivity index (χ2n) is 8.36. The van der Waals surface area contributed by atoms with Crippen LogP contribution in [0.2, 0.25) is 5.02 Å². The van der Waals surface area contributed by atoms with E-state index >= 15 is 0 Å². The van der Waals surface area contributed by atoms with E-state index in [0.29, 0.717) is 24.7 Å². The lowest BCUT2D eigenvalue weighted by molar-refractivity contribution is -0.138. The molecule has 1 heterocycles. The number of carbonyl (C=O) groups is 2. The molecule has 1 saturated heterocycles. The zero-order chi connectivity index (χ0) is 21.7. The van der Waals surface area contributed by atoms with Crippen LogP contribution in [0.4, 0.5) is 5.69 Å². The topological polar surface area (TPSA) is 75.4 Å². The maximum Gasteiger partial charge on any atom is 0.245 e. The highest BCUT2D eigenvalue weighted by Gasteiger charge is 2.31. The predicted molar refractivity (Wildman–Crippen MR) is 121 cm³/mol. The monoisotopic (exact) mass is 427 g/mol. The molecule has 160 valence electrons. The molecule has 1 atom stereocenters. The zero-order valence-corrected chi connectivity index (χ0v) is 18.4. The van der Waals surface area contributed by atoms with Gasteiger partial charge in [-0.25, -0.2) is 0 Å². The first-order valence-corrected chi connectivity index (χ1v) is 10.9. The number of nitrogens with zero attached hydrogens (tertiary/aromatic N) is 1. The number of carbonyl (C=O) groups excluding carboxylic acids is 2. The maximum atomic E-state index is 13.1. The molecule has 0 saturated carbocycles. The number of anilines is 1.